The molecule has 4 rings (SSSR count). The molecule has 1 aromatic heterocycles. The van der Waals surface area contributed by atoms with Gasteiger partial charge in [-0.05, 0) is 42.8 Å². The molecular formula is C23H21N3O3S. The Morgan fingerprint density at radius 3 is 2.60 bits per heavy atom. The zero-order valence-corrected chi connectivity index (χ0v) is 17.3. The lowest BCUT2D eigenvalue weighted by molar-refractivity contribution is 0.0747. The Labute approximate surface area is 176 Å². The van der Waals surface area contributed by atoms with Crippen molar-refractivity contribution in [3.63, 3.8) is 0 Å². The average Bonchev–Trinajstić information content (AvgIpc) is 3.41. The van der Waals surface area contributed by atoms with Crippen LogP contribution in [0.25, 0.3) is 5.69 Å². The van der Waals surface area contributed by atoms with Gasteiger partial charge in [0.1, 0.15) is 0 Å². The third-order valence-corrected chi connectivity index (χ3v) is 6.94. The first kappa shape index (κ1) is 19.9. The van der Waals surface area contributed by atoms with Gasteiger partial charge in [0.15, 0.2) is 9.84 Å². The van der Waals surface area contributed by atoms with Crippen molar-refractivity contribution >= 4 is 15.7 Å². The van der Waals surface area contributed by atoms with Gasteiger partial charge in [-0.25, -0.2) is 13.1 Å². The highest BCUT2D eigenvalue weighted by atomic mass is 32.2. The van der Waals surface area contributed by atoms with Crippen LogP contribution in [0.3, 0.4) is 0 Å². The maximum absolute atomic E-state index is 13.0. The lowest BCUT2D eigenvalue weighted by Crippen LogP contribution is -2.37. The van der Waals surface area contributed by atoms with E-state index in [4.69, 9.17) is 0 Å². The van der Waals surface area contributed by atoms with Crippen molar-refractivity contribution in [2.45, 2.75) is 12.5 Å². The van der Waals surface area contributed by atoms with Gasteiger partial charge in [0.2, 0.25) is 0 Å². The van der Waals surface area contributed by atoms with Gasteiger partial charge in [0.05, 0.1) is 22.8 Å². The van der Waals surface area contributed by atoms with Crippen molar-refractivity contribution in [1.29, 1.82) is 0 Å². The molecule has 0 saturated carbocycles. The zero-order chi connectivity index (χ0) is 21.1. The molecule has 0 bridgehead atoms. The molecule has 1 amide bonds. The maximum atomic E-state index is 13.0. The molecule has 0 spiro atoms. The van der Waals surface area contributed by atoms with Gasteiger partial charge in [-0.1, -0.05) is 30.0 Å². The highest BCUT2D eigenvalue weighted by molar-refractivity contribution is 7.91. The number of amides is 1. The van der Waals surface area contributed by atoms with E-state index in [2.05, 4.69) is 16.9 Å². The number of benzene rings is 2. The molecule has 30 heavy (non-hydrogen) atoms. The molecule has 1 aliphatic rings. The minimum absolute atomic E-state index is 0.0152. The lowest BCUT2D eigenvalue weighted by Gasteiger charge is -2.23. The van der Waals surface area contributed by atoms with Gasteiger partial charge >= 0.3 is 0 Å². The Balaban J connectivity index is 1.68. The van der Waals surface area contributed by atoms with Crippen LogP contribution in [0.1, 0.15) is 27.9 Å². The number of sulfone groups is 1. The summed E-state index contributed by atoms with van der Waals surface area (Å²) in [5.74, 6) is 6.21. The summed E-state index contributed by atoms with van der Waals surface area (Å²) in [6.07, 6.45) is 3.97. The van der Waals surface area contributed by atoms with Crippen molar-refractivity contribution < 1.29 is 13.2 Å². The van der Waals surface area contributed by atoms with Crippen LogP contribution in [0.4, 0.5) is 0 Å². The molecule has 0 aliphatic carbocycles. The summed E-state index contributed by atoms with van der Waals surface area (Å²) < 4.78 is 25.3. The summed E-state index contributed by atoms with van der Waals surface area (Å²) >= 11 is 0. The first-order chi connectivity index (χ1) is 14.4. The van der Waals surface area contributed by atoms with E-state index in [9.17, 15) is 13.2 Å². The van der Waals surface area contributed by atoms with Gasteiger partial charge in [0.25, 0.3) is 5.91 Å². The molecule has 1 fully saturated rings. The number of hydrogen-bond donors (Lipinski definition) is 0. The summed E-state index contributed by atoms with van der Waals surface area (Å²) in [6, 6.07) is 16.4. The SMILES string of the molecule is CN(C(=O)c1ccc(-n2cccn2)c(C#Cc2ccccc2)c1)[C@@H]1CCS(=O)(=O)C1. The van der Waals surface area contributed by atoms with Crippen LogP contribution in [0.5, 0.6) is 0 Å². The van der Waals surface area contributed by atoms with E-state index in [0.717, 1.165) is 11.3 Å². The van der Waals surface area contributed by atoms with Gasteiger partial charge in [0, 0.05) is 36.6 Å². The van der Waals surface area contributed by atoms with E-state index in [1.807, 2.05) is 48.7 Å². The fourth-order valence-electron chi connectivity index (χ4n) is 3.49. The predicted molar refractivity (Wildman–Crippen MR) is 115 cm³/mol. The molecular weight excluding hydrogens is 398 g/mol. The molecule has 2 aromatic carbocycles. The molecule has 7 heteroatoms. The van der Waals surface area contributed by atoms with Gasteiger partial charge < -0.3 is 4.90 Å². The molecule has 152 valence electrons. The van der Waals surface area contributed by atoms with Crippen LogP contribution in [-0.2, 0) is 9.84 Å². The highest BCUT2D eigenvalue weighted by Crippen LogP contribution is 2.21. The van der Waals surface area contributed by atoms with Crippen molar-refractivity contribution in [1.82, 2.24) is 14.7 Å². The van der Waals surface area contributed by atoms with Crippen LogP contribution in [0.15, 0.2) is 67.0 Å². The lowest BCUT2D eigenvalue weighted by atomic mass is 10.1. The fourth-order valence-corrected chi connectivity index (χ4v) is 5.27. The Bertz CT molecular complexity index is 1220. The second kappa shape index (κ2) is 8.17. The summed E-state index contributed by atoms with van der Waals surface area (Å²) in [7, 11) is -1.41. The highest BCUT2D eigenvalue weighted by Gasteiger charge is 2.33. The van der Waals surface area contributed by atoms with Crippen LogP contribution in [-0.4, -0.2) is 53.6 Å². The first-order valence-electron chi connectivity index (χ1n) is 9.62. The van der Waals surface area contributed by atoms with Crippen LogP contribution < -0.4 is 0 Å². The molecule has 3 aromatic rings. The summed E-state index contributed by atoms with van der Waals surface area (Å²) in [5.41, 5.74) is 2.77. The van der Waals surface area contributed by atoms with Crippen molar-refractivity contribution in [3.05, 3.63) is 83.7 Å². The topological polar surface area (TPSA) is 72.3 Å². The van der Waals surface area contributed by atoms with E-state index in [-0.39, 0.29) is 23.5 Å². The number of carbonyl (C=O) groups is 1. The van der Waals surface area contributed by atoms with Crippen molar-refractivity contribution in [3.8, 4) is 17.5 Å². The smallest absolute Gasteiger partial charge is 0.253 e. The maximum Gasteiger partial charge on any atom is 0.253 e. The van der Waals surface area contributed by atoms with Gasteiger partial charge in [-0.15, -0.1) is 0 Å². The minimum Gasteiger partial charge on any atom is -0.338 e. The molecule has 0 unspecified atom stereocenters. The third-order valence-electron chi connectivity index (χ3n) is 5.19. The van der Waals surface area contributed by atoms with E-state index in [1.165, 1.54) is 4.90 Å². The normalized spacial score (nSPS) is 17.2. The summed E-state index contributed by atoms with van der Waals surface area (Å²) in [5, 5.41) is 4.28. The Kier molecular flexibility index (Phi) is 5.42. The molecule has 2 heterocycles. The van der Waals surface area contributed by atoms with E-state index in [1.54, 1.807) is 30.1 Å². The van der Waals surface area contributed by atoms with Crippen LogP contribution in [0.2, 0.25) is 0 Å². The fraction of sp³-hybridized carbons (Fsp3) is 0.217. The van der Waals surface area contributed by atoms with Crippen LogP contribution in [0, 0.1) is 11.8 Å². The second-order valence-electron chi connectivity index (χ2n) is 7.27. The molecule has 6 nitrogen and oxygen atoms in total. The average molecular weight is 420 g/mol. The predicted octanol–water partition coefficient (Wildman–Crippen LogP) is 2.53. The summed E-state index contributed by atoms with van der Waals surface area (Å²) in [6.45, 7) is 0. The molecule has 1 aliphatic heterocycles. The monoisotopic (exact) mass is 419 g/mol. The first-order valence-corrected chi connectivity index (χ1v) is 11.4. The van der Waals surface area contributed by atoms with Gasteiger partial charge in [-0.3, -0.25) is 4.79 Å². The molecule has 0 radical (unpaired) electrons. The molecule has 1 saturated heterocycles. The number of hydrogen-bond acceptors (Lipinski definition) is 4. The third kappa shape index (κ3) is 4.29. The number of carbonyl (C=O) groups excluding carboxylic acids is 1. The van der Waals surface area contributed by atoms with Gasteiger partial charge in [-0.2, -0.15) is 5.10 Å². The Hall–Kier alpha value is -3.37. The second-order valence-corrected chi connectivity index (χ2v) is 9.50. The van der Waals surface area contributed by atoms with E-state index < -0.39 is 9.84 Å². The molecule has 0 N–H and O–H groups in total. The van der Waals surface area contributed by atoms with Crippen molar-refractivity contribution in [2.75, 3.05) is 18.6 Å². The van der Waals surface area contributed by atoms with E-state index in [0.29, 0.717) is 17.5 Å². The Morgan fingerprint density at radius 2 is 1.93 bits per heavy atom. The van der Waals surface area contributed by atoms with Crippen molar-refractivity contribution in [2.24, 2.45) is 0 Å². The summed E-state index contributed by atoms with van der Waals surface area (Å²) in [4.78, 5) is 14.6. The number of rotatable bonds is 3. The van der Waals surface area contributed by atoms with Crippen LogP contribution >= 0.6 is 0 Å². The minimum atomic E-state index is -3.07. The largest absolute Gasteiger partial charge is 0.338 e. The van der Waals surface area contributed by atoms with E-state index >= 15 is 0 Å². The number of aromatic nitrogens is 2. The Morgan fingerprint density at radius 1 is 1.13 bits per heavy atom. The number of nitrogens with zero attached hydrogens (tertiary/aromatic N) is 3. The molecule has 1 atom stereocenters. The quantitative estimate of drug-likeness (QED) is 0.612. The standard InChI is InChI=1S/C23H21N3O3S/c1-25(21-12-15-30(28,29)17-21)23(27)20-10-11-22(26-14-5-13-24-26)19(16-20)9-8-18-6-3-2-4-7-18/h2-7,10-11,13-14,16,21H,12,15,17H2,1H3/t21-/m1/s1. The zero-order valence-electron chi connectivity index (χ0n) is 16.5.